The van der Waals surface area contributed by atoms with Gasteiger partial charge in [-0.25, -0.2) is 0 Å². The highest BCUT2D eigenvalue weighted by Crippen LogP contribution is 1.98. The lowest BCUT2D eigenvalue weighted by Gasteiger charge is -2.20. The lowest BCUT2D eigenvalue weighted by Crippen LogP contribution is -2.44. The summed E-state index contributed by atoms with van der Waals surface area (Å²) >= 11 is 0. The molecule has 2 N–H and O–H groups in total. The molecule has 1 amide bonds. The van der Waals surface area contributed by atoms with Crippen LogP contribution >= 0.6 is 0 Å². The van der Waals surface area contributed by atoms with Crippen molar-refractivity contribution in [3.63, 3.8) is 0 Å². The third-order valence-electron chi connectivity index (χ3n) is 0.953. The van der Waals surface area contributed by atoms with Crippen molar-refractivity contribution in [1.29, 1.82) is 0 Å². The molecule has 0 aliphatic rings. The van der Waals surface area contributed by atoms with Crippen molar-refractivity contribution in [3.8, 4) is 0 Å². The van der Waals surface area contributed by atoms with E-state index in [0.29, 0.717) is 0 Å². The van der Waals surface area contributed by atoms with Gasteiger partial charge in [-0.1, -0.05) is 13.8 Å². The first-order valence-corrected chi connectivity index (χ1v) is 3.37. The minimum absolute atomic E-state index is 0.0774. The molecule has 0 radical (unpaired) electrons. The number of hydrogen-bond donors (Lipinski definition) is 2. The van der Waals surface area contributed by atoms with E-state index in [2.05, 4.69) is 5.32 Å². The molecule has 0 saturated heterocycles. The Hall–Kier alpha value is -0.570. The molecule has 0 aliphatic carbocycles. The number of rotatable bonds is 2. The van der Waals surface area contributed by atoms with Crippen molar-refractivity contribution in [3.05, 3.63) is 0 Å². The maximum atomic E-state index is 10.9. The molecule has 0 aromatic carbocycles. The maximum Gasteiger partial charge on any atom is 0.224 e. The van der Waals surface area contributed by atoms with Gasteiger partial charge in [0.2, 0.25) is 5.91 Å². The average molecular weight is 145 g/mol. The fraction of sp³-hybridized carbons (Fsp3) is 0.857. The third kappa shape index (κ3) is 4.32. The molecular weight excluding hydrogens is 130 g/mol. The molecule has 3 nitrogen and oxygen atoms in total. The highest BCUT2D eigenvalue weighted by Gasteiger charge is 2.17. The summed E-state index contributed by atoms with van der Waals surface area (Å²) in [5, 5.41) is 11.5. The van der Waals surface area contributed by atoms with Gasteiger partial charge in [0.1, 0.15) is 5.72 Å². The zero-order chi connectivity index (χ0) is 8.36. The molecule has 0 atom stereocenters. The maximum absolute atomic E-state index is 10.9. The summed E-state index contributed by atoms with van der Waals surface area (Å²) in [6.07, 6.45) is 0. The Labute approximate surface area is 61.4 Å². The van der Waals surface area contributed by atoms with Gasteiger partial charge in [0, 0.05) is 5.92 Å². The second-order valence-electron chi connectivity index (χ2n) is 3.20. The van der Waals surface area contributed by atoms with Gasteiger partial charge in [-0.3, -0.25) is 4.79 Å². The Bertz CT molecular complexity index is 124. The largest absolute Gasteiger partial charge is 0.372 e. The van der Waals surface area contributed by atoms with E-state index in [1.165, 1.54) is 13.8 Å². The van der Waals surface area contributed by atoms with Gasteiger partial charge in [-0.15, -0.1) is 0 Å². The van der Waals surface area contributed by atoms with Crippen LogP contribution < -0.4 is 5.32 Å². The second-order valence-corrected chi connectivity index (χ2v) is 3.20. The van der Waals surface area contributed by atoms with E-state index >= 15 is 0 Å². The van der Waals surface area contributed by atoms with Gasteiger partial charge in [-0.2, -0.15) is 0 Å². The average Bonchev–Trinajstić information content (AvgIpc) is 1.60. The Morgan fingerprint density at radius 2 is 1.90 bits per heavy atom. The summed E-state index contributed by atoms with van der Waals surface area (Å²) in [6.45, 7) is 6.63. The van der Waals surface area contributed by atoms with Crippen molar-refractivity contribution < 1.29 is 9.90 Å². The Balaban J connectivity index is 3.81. The van der Waals surface area contributed by atoms with Gasteiger partial charge in [-0.05, 0) is 13.8 Å². The van der Waals surface area contributed by atoms with E-state index in [4.69, 9.17) is 5.11 Å². The fourth-order valence-electron chi connectivity index (χ4n) is 0.446. The highest BCUT2D eigenvalue weighted by atomic mass is 16.3. The SMILES string of the molecule is CC(C)C(=O)NC(C)(C)O. The Kier molecular flexibility index (Phi) is 2.84. The zero-order valence-corrected chi connectivity index (χ0v) is 6.93. The van der Waals surface area contributed by atoms with Crippen molar-refractivity contribution in [2.75, 3.05) is 0 Å². The van der Waals surface area contributed by atoms with Crippen LogP contribution in [0.5, 0.6) is 0 Å². The van der Waals surface area contributed by atoms with E-state index in [1.807, 2.05) is 0 Å². The van der Waals surface area contributed by atoms with Crippen LogP contribution in [-0.2, 0) is 4.79 Å². The molecule has 0 saturated carbocycles. The Morgan fingerprint density at radius 1 is 1.50 bits per heavy atom. The van der Waals surface area contributed by atoms with Crippen LogP contribution in [0.4, 0.5) is 0 Å². The first-order valence-electron chi connectivity index (χ1n) is 3.37. The number of aliphatic hydroxyl groups is 1. The van der Waals surface area contributed by atoms with Crippen LogP contribution in [0.3, 0.4) is 0 Å². The molecule has 0 spiro atoms. The van der Waals surface area contributed by atoms with Gasteiger partial charge in [0.15, 0.2) is 0 Å². The van der Waals surface area contributed by atoms with E-state index in [-0.39, 0.29) is 11.8 Å². The topological polar surface area (TPSA) is 49.3 Å². The van der Waals surface area contributed by atoms with E-state index in [0.717, 1.165) is 0 Å². The summed E-state index contributed by atoms with van der Waals surface area (Å²) in [7, 11) is 0. The molecule has 0 rings (SSSR count). The van der Waals surface area contributed by atoms with Gasteiger partial charge < -0.3 is 10.4 Å². The number of amides is 1. The van der Waals surface area contributed by atoms with E-state index in [9.17, 15) is 4.79 Å². The third-order valence-corrected chi connectivity index (χ3v) is 0.953. The van der Waals surface area contributed by atoms with E-state index < -0.39 is 5.72 Å². The highest BCUT2D eigenvalue weighted by molar-refractivity contribution is 5.78. The fourth-order valence-corrected chi connectivity index (χ4v) is 0.446. The predicted octanol–water partition coefficient (Wildman–Crippen LogP) is 0.487. The van der Waals surface area contributed by atoms with Gasteiger partial charge in [0.05, 0.1) is 0 Å². The van der Waals surface area contributed by atoms with Gasteiger partial charge >= 0.3 is 0 Å². The summed E-state index contributed by atoms with van der Waals surface area (Å²) in [5.41, 5.74) is -1.10. The normalized spacial score (nSPS) is 11.8. The predicted molar refractivity (Wildman–Crippen MR) is 39.3 cm³/mol. The second kappa shape index (κ2) is 3.01. The Morgan fingerprint density at radius 3 is 2.00 bits per heavy atom. The summed E-state index contributed by atoms with van der Waals surface area (Å²) in [6, 6.07) is 0. The monoisotopic (exact) mass is 145 g/mol. The molecule has 3 heteroatoms. The molecule has 0 aromatic rings. The summed E-state index contributed by atoms with van der Waals surface area (Å²) in [5.74, 6) is -0.209. The number of hydrogen-bond acceptors (Lipinski definition) is 2. The van der Waals surface area contributed by atoms with Crippen LogP contribution in [-0.4, -0.2) is 16.7 Å². The van der Waals surface area contributed by atoms with E-state index in [1.54, 1.807) is 13.8 Å². The first kappa shape index (κ1) is 9.43. The minimum atomic E-state index is -1.10. The van der Waals surface area contributed by atoms with Crippen LogP contribution in [0, 0.1) is 5.92 Å². The molecule has 10 heavy (non-hydrogen) atoms. The van der Waals surface area contributed by atoms with Crippen molar-refractivity contribution in [2.24, 2.45) is 5.92 Å². The van der Waals surface area contributed by atoms with Crippen LogP contribution in [0.25, 0.3) is 0 Å². The molecule has 0 aliphatic heterocycles. The zero-order valence-electron chi connectivity index (χ0n) is 6.93. The lowest BCUT2D eigenvalue weighted by molar-refractivity contribution is -0.130. The smallest absolute Gasteiger partial charge is 0.224 e. The number of nitrogens with one attached hydrogen (secondary N) is 1. The van der Waals surface area contributed by atoms with Crippen molar-refractivity contribution in [1.82, 2.24) is 5.32 Å². The summed E-state index contributed by atoms with van der Waals surface area (Å²) in [4.78, 5) is 10.9. The molecule has 0 fully saturated rings. The molecule has 60 valence electrons. The van der Waals surface area contributed by atoms with Crippen LogP contribution in [0.2, 0.25) is 0 Å². The standard InChI is InChI=1S/C7H15NO2/c1-5(2)6(9)8-7(3,4)10/h5,10H,1-4H3,(H,8,9). The molecule has 0 aromatic heterocycles. The van der Waals surface area contributed by atoms with Crippen molar-refractivity contribution >= 4 is 5.91 Å². The molecule has 0 bridgehead atoms. The number of carbonyl (C=O) groups is 1. The molecule has 0 unspecified atom stereocenters. The van der Waals surface area contributed by atoms with Crippen LogP contribution in [0.15, 0.2) is 0 Å². The quantitative estimate of drug-likeness (QED) is 0.555. The van der Waals surface area contributed by atoms with Crippen LogP contribution in [0.1, 0.15) is 27.7 Å². The van der Waals surface area contributed by atoms with Gasteiger partial charge in [0.25, 0.3) is 0 Å². The molecular formula is C7H15NO2. The minimum Gasteiger partial charge on any atom is -0.372 e. The van der Waals surface area contributed by atoms with Crippen molar-refractivity contribution in [2.45, 2.75) is 33.4 Å². The lowest BCUT2D eigenvalue weighted by atomic mass is 10.2. The summed E-state index contributed by atoms with van der Waals surface area (Å²) < 4.78 is 0. The first-order chi connectivity index (χ1) is 4.33. The molecule has 0 heterocycles. The number of carbonyl (C=O) groups excluding carboxylic acids is 1.